The van der Waals surface area contributed by atoms with Crippen molar-refractivity contribution >= 4 is 23.2 Å². The summed E-state index contributed by atoms with van der Waals surface area (Å²) in [6, 6.07) is 10.4. The highest BCUT2D eigenvalue weighted by Crippen LogP contribution is 2.30. The van der Waals surface area contributed by atoms with Gasteiger partial charge in [-0.2, -0.15) is 0 Å². The van der Waals surface area contributed by atoms with Gasteiger partial charge in [-0.1, -0.05) is 0 Å². The number of carbonyl (C=O) groups is 2. The van der Waals surface area contributed by atoms with Crippen LogP contribution >= 0.6 is 0 Å². The lowest BCUT2D eigenvalue weighted by atomic mass is 10.2. The van der Waals surface area contributed by atoms with Crippen molar-refractivity contribution in [1.82, 2.24) is 0 Å². The molecule has 1 saturated carbocycles. The Balaban J connectivity index is 1.61. The number of aryl methyl sites for hydroxylation is 1. The third kappa shape index (κ3) is 3.31. The molecule has 2 amide bonds. The van der Waals surface area contributed by atoms with E-state index in [1.807, 2.05) is 0 Å². The molecule has 1 aromatic carbocycles. The van der Waals surface area contributed by atoms with E-state index in [1.54, 1.807) is 43.3 Å². The van der Waals surface area contributed by atoms with Crippen molar-refractivity contribution < 1.29 is 14.0 Å². The van der Waals surface area contributed by atoms with Gasteiger partial charge in [-0.25, -0.2) is 0 Å². The van der Waals surface area contributed by atoms with E-state index in [0.717, 1.165) is 18.5 Å². The summed E-state index contributed by atoms with van der Waals surface area (Å²) in [7, 11) is 0. The van der Waals surface area contributed by atoms with Crippen LogP contribution in [-0.4, -0.2) is 11.8 Å². The third-order valence-electron chi connectivity index (χ3n) is 3.32. The van der Waals surface area contributed by atoms with Crippen LogP contribution in [0.15, 0.2) is 40.8 Å². The lowest BCUT2D eigenvalue weighted by Gasteiger charge is -2.06. The van der Waals surface area contributed by atoms with Gasteiger partial charge in [0.1, 0.15) is 5.76 Å². The van der Waals surface area contributed by atoms with Gasteiger partial charge in [0.25, 0.3) is 5.91 Å². The highest BCUT2D eigenvalue weighted by molar-refractivity contribution is 6.02. The first-order valence-electron chi connectivity index (χ1n) is 6.90. The van der Waals surface area contributed by atoms with Gasteiger partial charge in [-0.15, -0.1) is 0 Å². The summed E-state index contributed by atoms with van der Waals surface area (Å²) in [4.78, 5) is 23.5. The number of rotatable bonds is 4. The number of anilines is 2. The van der Waals surface area contributed by atoms with Crippen LogP contribution in [0, 0.1) is 12.8 Å². The minimum atomic E-state index is -0.294. The minimum absolute atomic E-state index is 0.0675. The Morgan fingerprint density at radius 3 is 2.14 bits per heavy atom. The van der Waals surface area contributed by atoms with Crippen LogP contribution in [0.5, 0.6) is 0 Å². The predicted molar refractivity (Wildman–Crippen MR) is 79.2 cm³/mol. The largest absolute Gasteiger partial charge is 0.456 e. The summed E-state index contributed by atoms with van der Waals surface area (Å²) >= 11 is 0. The van der Waals surface area contributed by atoms with Gasteiger partial charge in [-0.05, 0) is 56.2 Å². The van der Waals surface area contributed by atoms with Crippen LogP contribution in [0.1, 0.15) is 29.2 Å². The Bertz CT molecular complexity index is 669. The van der Waals surface area contributed by atoms with Gasteiger partial charge in [0.15, 0.2) is 5.76 Å². The quantitative estimate of drug-likeness (QED) is 0.905. The maximum atomic E-state index is 11.9. The molecule has 0 bridgehead atoms. The average Bonchev–Trinajstić information content (AvgIpc) is 3.23. The highest BCUT2D eigenvalue weighted by Gasteiger charge is 2.29. The molecule has 1 aliphatic rings. The van der Waals surface area contributed by atoms with Gasteiger partial charge in [-0.3, -0.25) is 9.59 Å². The summed E-state index contributed by atoms with van der Waals surface area (Å²) in [5.41, 5.74) is 1.39. The SMILES string of the molecule is Cc1ccc(C(=O)Nc2ccc(NC(=O)C3CC3)cc2)o1. The van der Waals surface area contributed by atoms with E-state index >= 15 is 0 Å². The first kappa shape index (κ1) is 13.4. The van der Waals surface area contributed by atoms with Crippen LogP contribution in [0.2, 0.25) is 0 Å². The van der Waals surface area contributed by atoms with Crippen LogP contribution < -0.4 is 10.6 Å². The molecule has 0 atom stereocenters. The molecule has 3 rings (SSSR count). The molecule has 5 nitrogen and oxygen atoms in total. The van der Waals surface area contributed by atoms with E-state index < -0.39 is 0 Å². The van der Waals surface area contributed by atoms with Crippen molar-refractivity contribution in [3.05, 3.63) is 47.9 Å². The number of amides is 2. The second kappa shape index (κ2) is 5.44. The van der Waals surface area contributed by atoms with E-state index in [-0.39, 0.29) is 23.5 Å². The van der Waals surface area contributed by atoms with E-state index in [1.165, 1.54) is 0 Å². The number of benzene rings is 1. The Morgan fingerprint density at radius 2 is 1.62 bits per heavy atom. The molecule has 0 spiro atoms. The molecule has 1 heterocycles. The fourth-order valence-electron chi connectivity index (χ4n) is 1.98. The summed E-state index contributed by atoms with van der Waals surface area (Å²) in [6.45, 7) is 1.79. The fourth-order valence-corrected chi connectivity index (χ4v) is 1.98. The third-order valence-corrected chi connectivity index (χ3v) is 3.32. The Hall–Kier alpha value is -2.56. The zero-order valence-electron chi connectivity index (χ0n) is 11.7. The second-order valence-corrected chi connectivity index (χ2v) is 5.21. The fraction of sp³-hybridized carbons (Fsp3) is 0.250. The number of carbonyl (C=O) groups excluding carboxylic acids is 2. The van der Waals surface area contributed by atoms with Crippen molar-refractivity contribution in [2.24, 2.45) is 5.92 Å². The van der Waals surface area contributed by atoms with Gasteiger partial charge < -0.3 is 15.1 Å². The number of nitrogens with one attached hydrogen (secondary N) is 2. The zero-order valence-corrected chi connectivity index (χ0v) is 11.7. The first-order valence-corrected chi connectivity index (χ1v) is 6.90. The number of hydrogen-bond donors (Lipinski definition) is 2. The lowest BCUT2D eigenvalue weighted by molar-refractivity contribution is -0.117. The molecule has 5 heteroatoms. The van der Waals surface area contributed by atoms with E-state index in [4.69, 9.17) is 4.42 Å². The second-order valence-electron chi connectivity index (χ2n) is 5.21. The molecule has 0 radical (unpaired) electrons. The zero-order chi connectivity index (χ0) is 14.8. The Labute approximate surface area is 122 Å². The topological polar surface area (TPSA) is 71.3 Å². The van der Waals surface area contributed by atoms with Gasteiger partial charge >= 0.3 is 0 Å². The predicted octanol–water partition coefficient (Wildman–Crippen LogP) is 3.19. The molecule has 1 aromatic heterocycles. The maximum Gasteiger partial charge on any atom is 0.291 e. The van der Waals surface area contributed by atoms with Crippen LogP contribution in [0.4, 0.5) is 11.4 Å². The first-order chi connectivity index (χ1) is 10.1. The van der Waals surface area contributed by atoms with E-state index in [2.05, 4.69) is 10.6 Å². The van der Waals surface area contributed by atoms with Gasteiger partial charge in [0.2, 0.25) is 5.91 Å². The Kier molecular flexibility index (Phi) is 3.48. The average molecular weight is 284 g/mol. The molecular weight excluding hydrogens is 268 g/mol. The highest BCUT2D eigenvalue weighted by atomic mass is 16.3. The molecule has 1 aliphatic carbocycles. The van der Waals surface area contributed by atoms with Gasteiger partial charge in [0, 0.05) is 17.3 Å². The normalized spacial score (nSPS) is 13.8. The maximum absolute atomic E-state index is 11.9. The van der Waals surface area contributed by atoms with Crippen molar-refractivity contribution in [3.8, 4) is 0 Å². The van der Waals surface area contributed by atoms with Crippen molar-refractivity contribution in [1.29, 1.82) is 0 Å². The monoisotopic (exact) mass is 284 g/mol. The van der Waals surface area contributed by atoms with E-state index in [9.17, 15) is 9.59 Å². The Morgan fingerprint density at radius 1 is 1.00 bits per heavy atom. The summed E-state index contributed by atoms with van der Waals surface area (Å²) < 4.78 is 5.26. The molecule has 0 unspecified atom stereocenters. The standard InChI is InChI=1S/C16H16N2O3/c1-10-2-9-14(21-10)16(20)18-13-7-5-12(6-8-13)17-15(19)11-3-4-11/h2,5-9,11H,3-4H2,1H3,(H,17,19)(H,18,20). The number of hydrogen-bond acceptors (Lipinski definition) is 3. The van der Waals surface area contributed by atoms with Crippen molar-refractivity contribution in [2.45, 2.75) is 19.8 Å². The van der Waals surface area contributed by atoms with Crippen LogP contribution in [0.25, 0.3) is 0 Å². The molecule has 108 valence electrons. The summed E-state index contributed by atoms with van der Waals surface area (Å²) in [5.74, 6) is 0.916. The molecule has 0 saturated heterocycles. The van der Waals surface area contributed by atoms with Crippen molar-refractivity contribution in [2.75, 3.05) is 10.6 Å². The minimum Gasteiger partial charge on any atom is -0.456 e. The van der Waals surface area contributed by atoms with Crippen molar-refractivity contribution in [3.63, 3.8) is 0 Å². The molecule has 21 heavy (non-hydrogen) atoms. The van der Waals surface area contributed by atoms with Crippen LogP contribution in [0.3, 0.4) is 0 Å². The molecule has 2 N–H and O–H groups in total. The molecule has 0 aliphatic heterocycles. The molecular formula is C16H16N2O3. The molecule has 1 fully saturated rings. The lowest BCUT2D eigenvalue weighted by Crippen LogP contribution is -2.13. The summed E-state index contributed by atoms with van der Waals surface area (Å²) in [6.07, 6.45) is 1.95. The van der Waals surface area contributed by atoms with E-state index in [0.29, 0.717) is 11.4 Å². The van der Waals surface area contributed by atoms with Gasteiger partial charge in [0.05, 0.1) is 0 Å². The number of furan rings is 1. The van der Waals surface area contributed by atoms with Crippen LogP contribution in [-0.2, 0) is 4.79 Å². The summed E-state index contributed by atoms with van der Waals surface area (Å²) in [5, 5.41) is 5.59. The molecule has 2 aromatic rings. The smallest absolute Gasteiger partial charge is 0.291 e.